The molecule has 9 heteroatoms. The van der Waals surface area contributed by atoms with Crippen molar-refractivity contribution >= 4 is 23.8 Å². The summed E-state index contributed by atoms with van der Waals surface area (Å²) in [4.78, 5) is 48.6. The zero-order valence-electron chi connectivity index (χ0n) is 19.1. The fourth-order valence-electron chi connectivity index (χ4n) is 3.20. The lowest BCUT2D eigenvalue weighted by atomic mass is 9.97. The number of hydrogen-bond acceptors (Lipinski definition) is 8. The summed E-state index contributed by atoms with van der Waals surface area (Å²) in [7, 11) is 0. The molecule has 0 aliphatic carbocycles. The van der Waals surface area contributed by atoms with E-state index in [1.54, 1.807) is 0 Å². The second-order valence-corrected chi connectivity index (χ2v) is 7.64. The molecule has 1 aliphatic heterocycles. The number of amides is 1. The topological polar surface area (TPSA) is 117 Å². The molecule has 1 N–H and O–H groups in total. The minimum absolute atomic E-state index is 0.0390. The molecule has 1 saturated heterocycles. The molecule has 178 valence electrons. The standard InChI is InChI=1S/C22H37NO8/c1-5-9-17(24)23-15-13-28-16(14-29-18(25)10-6-2)22(31-20(27)12-8-4)21(15)30-19(26)11-7-3/h15-16,21-22H,5-14H2,1-4H3,(H,23,24)/t15-,16+,21+,22+/m0/s1. The monoisotopic (exact) mass is 443 g/mol. The van der Waals surface area contributed by atoms with E-state index in [9.17, 15) is 19.2 Å². The highest BCUT2D eigenvalue weighted by Crippen LogP contribution is 2.24. The molecular formula is C22H37NO8. The van der Waals surface area contributed by atoms with E-state index in [-0.39, 0.29) is 44.4 Å². The third-order valence-electron chi connectivity index (χ3n) is 4.71. The van der Waals surface area contributed by atoms with Gasteiger partial charge in [0.2, 0.25) is 5.91 Å². The van der Waals surface area contributed by atoms with Crippen LogP contribution in [0, 0.1) is 0 Å². The Bertz CT molecular complexity index is 594. The van der Waals surface area contributed by atoms with Crippen LogP contribution in [0.5, 0.6) is 0 Å². The van der Waals surface area contributed by atoms with Crippen LogP contribution in [-0.4, -0.2) is 61.4 Å². The van der Waals surface area contributed by atoms with Gasteiger partial charge >= 0.3 is 17.9 Å². The van der Waals surface area contributed by atoms with Crippen molar-refractivity contribution in [1.82, 2.24) is 5.32 Å². The number of carbonyl (C=O) groups excluding carboxylic acids is 4. The highest BCUT2D eigenvalue weighted by atomic mass is 16.6. The molecule has 0 saturated carbocycles. The third-order valence-corrected chi connectivity index (χ3v) is 4.71. The van der Waals surface area contributed by atoms with Crippen molar-refractivity contribution in [2.75, 3.05) is 13.2 Å². The van der Waals surface area contributed by atoms with Crippen molar-refractivity contribution in [3.63, 3.8) is 0 Å². The summed E-state index contributed by atoms with van der Waals surface area (Å²) in [5.41, 5.74) is 0. The molecule has 0 radical (unpaired) electrons. The lowest BCUT2D eigenvalue weighted by Gasteiger charge is -2.41. The molecule has 1 heterocycles. The Labute approximate surface area is 184 Å². The Morgan fingerprint density at radius 1 is 0.774 bits per heavy atom. The Balaban J connectivity index is 3.08. The molecule has 4 atom stereocenters. The molecular weight excluding hydrogens is 406 g/mol. The van der Waals surface area contributed by atoms with E-state index >= 15 is 0 Å². The van der Waals surface area contributed by atoms with Crippen LogP contribution in [0.3, 0.4) is 0 Å². The molecule has 0 aromatic rings. The predicted molar refractivity (Wildman–Crippen MR) is 112 cm³/mol. The minimum atomic E-state index is -1.00. The molecule has 1 fully saturated rings. The van der Waals surface area contributed by atoms with Crippen LogP contribution in [0.4, 0.5) is 0 Å². The van der Waals surface area contributed by atoms with Crippen LogP contribution in [0.15, 0.2) is 0 Å². The van der Waals surface area contributed by atoms with Crippen LogP contribution < -0.4 is 5.32 Å². The largest absolute Gasteiger partial charge is 0.463 e. The van der Waals surface area contributed by atoms with Gasteiger partial charge in [-0.3, -0.25) is 19.2 Å². The predicted octanol–water partition coefficient (Wildman–Crippen LogP) is 2.44. The van der Waals surface area contributed by atoms with Crippen molar-refractivity contribution in [2.24, 2.45) is 0 Å². The zero-order chi connectivity index (χ0) is 23.2. The third kappa shape index (κ3) is 9.67. The molecule has 1 aliphatic rings. The van der Waals surface area contributed by atoms with E-state index in [1.165, 1.54) is 0 Å². The number of esters is 3. The average molecular weight is 444 g/mol. The molecule has 0 aromatic carbocycles. The summed E-state index contributed by atoms with van der Waals surface area (Å²) in [6, 6.07) is -0.679. The fraction of sp³-hybridized carbons (Fsp3) is 0.818. The van der Waals surface area contributed by atoms with Gasteiger partial charge in [-0.25, -0.2) is 0 Å². The van der Waals surface area contributed by atoms with Crippen LogP contribution in [0.2, 0.25) is 0 Å². The van der Waals surface area contributed by atoms with Crippen molar-refractivity contribution in [3.05, 3.63) is 0 Å². The normalized spacial score (nSPS) is 23.0. The van der Waals surface area contributed by atoms with E-state index in [0.29, 0.717) is 32.1 Å². The summed E-state index contributed by atoms with van der Waals surface area (Å²) in [5, 5.41) is 2.82. The Morgan fingerprint density at radius 2 is 1.29 bits per heavy atom. The van der Waals surface area contributed by atoms with E-state index in [4.69, 9.17) is 18.9 Å². The van der Waals surface area contributed by atoms with Crippen LogP contribution in [0.1, 0.15) is 79.1 Å². The highest BCUT2D eigenvalue weighted by molar-refractivity contribution is 5.76. The van der Waals surface area contributed by atoms with Crippen molar-refractivity contribution in [2.45, 2.75) is 103 Å². The van der Waals surface area contributed by atoms with Gasteiger partial charge in [0.05, 0.1) is 12.6 Å². The maximum absolute atomic E-state index is 12.3. The van der Waals surface area contributed by atoms with Crippen molar-refractivity contribution < 1.29 is 38.1 Å². The first-order valence-corrected chi connectivity index (χ1v) is 11.3. The SMILES string of the molecule is CCCC(=O)N[C@H]1CO[C@H](COC(=O)CCC)[C@@H](OC(=O)CCC)[C@@H]1OC(=O)CCC. The maximum Gasteiger partial charge on any atom is 0.306 e. The molecule has 0 aromatic heterocycles. The van der Waals surface area contributed by atoms with Crippen LogP contribution >= 0.6 is 0 Å². The van der Waals surface area contributed by atoms with Crippen molar-refractivity contribution in [1.29, 1.82) is 0 Å². The molecule has 9 nitrogen and oxygen atoms in total. The van der Waals surface area contributed by atoms with Crippen LogP contribution in [-0.2, 0) is 38.1 Å². The number of carbonyl (C=O) groups is 4. The summed E-state index contributed by atoms with van der Waals surface area (Å²) < 4.78 is 22.3. The molecule has 0 unspecified atom stereocenters. The molecule has 0 spiro atoms. The van der Waals surface area contributed by atoms with Crippen LogP contribution in [0.25, 0.3) is 0 Å². The zero-order valence-corrected chi connectivity index (χ0v) is 19.1. The molecule has 0 bridgehead atoms. The smallest absolute Gasteiger partial charge is 0.306 e. The fourth-order valence-corrected chi connectivity index (χ4v) is 3.20. The van der Waals surface area contributed by atoms with E-state index in [1.807, 2.05) is 27.7 Å². The number of ether oxygens (including phenoxy) is 4. The number of nitrogens with one attached hydrogen (secondary N) is 1. The van der Waals surface area contributed by atoms with Gasteiger partial charge in [-0.2, -0.15) is 0 Å². The van der Waals surface area contributed by atoms with E-state index in [0.717, 1.165) is 0 Å². The van der Waals surface area contributed by atoms with E-state index < -0.39 is 36.3 Å². The van der Waals surface area contributed by atoms with Crippen molar-refractivity contribution in [3.8, 4) is 0 Å². The van der Waals surface area contributed by atoms with Gasteiger partial charge in [0.15, 0.2) is 12.2 Å². The van der Waals surface area contributed by atoms with Gasteiger partial charge < -0.3 is 24.3 Å². The Hall–Kier alpha value is -2.16. The Morgan fingerprint density at radius 3 is 1.84 bits per heavy atom. The molecule has 1 amide bonds. The maximum atomic E-state index is 12.3. The summed E-state index contributed by atoms with van der Waals surface area (Å²) >= 11 is 0. The molecule has 31 heavy (non-hydrogen) atoms. The minimum Gasteiger partial charge on any atom is -0.463 e. The second-order valence-electron chi connectivity index (χ2n) is 7.64. The quantitative estimate of drug-likeness (QED) is 0.341. The lowest BCUT2D eigenvalue weighted by Crippen LogP contribution is -2.62. The summed E-state index contributed by atoms with van der Waals surface area (Å²) in [5.74, 6) is -1.53. The summed E-state index contributed by atoms with van der Waals surface area (Å²) in [6.45, 7) is 7.33. The van der Waals surface area contributed by atoms with Gasteiger partial charge in [0.1, 0.15) is 12.7 Å². The van der Waals surface area contributed by atoms with E-state index in [2.05, 4.69) is 5.32 Å². The average Bonchev–Trinajstić information content (AvgIpc) is 2.70. The first kappa shape index (κ1) is 26.9. The van der Waals surface area contributed by atoms with Gasteiger partial charge in [0.25, 0.3) is 0 Å². The first-order valence-electron chi connectivity index (χ1n) is 11.3. The lowest BCUT2D eigenvalue weighted by molar-refractivity contribution is -0.209. The van der Waals surface area contributed by atoms with Gasteiger partial charge in [-0.1, -0.05) is 27.7 Å². The van der Waals surface area contributed by atoms with Gasteiger partial charge in [-0.15, -0.1) is 0 Å². The number of hydrogen-bond donors (Lipinski definition) is 1. The van der Waals surface area contributed by atoms with Gasteiger partial charge in [0, 0.05) is 25.7 Å². The number of rotatable bonds is 13. The second kappa shape index (κ2) is 14.8. The highest BCUT2D eigenvalue weighted by Gasteiger charge is 2.46. The Kier molecular flexibility index (Phi) is 12.8. The molecule has 1 rings (SSSR count). The van der Waals surface area contributed by atoms with Gasteiger partial charge in [-0.05, 0) is 25.7 Å². The first-order chi connectivity index (χ1) is 14.9. The summed E-state index contributed by atoms with van der Waals surface area (Å²) in [6.07, 6.45) is 0.668.